The molecule has 3 heterocycles. The number of hydrogen-bond acceptors (Lipinski definition) is 4. The first kappa shape index (κ1) is 19.4. The lowest BCUT2D eigenvalue weighted by molar-refractivity contribution is -0.128. The van der Waals surface area contributed by atoms with Crippen LogP contribution in [0.25, 0.3) is 21.9 Å². The number of furan rings is 1. The number of ether oxygens (including phenoxy) is 1. The molecule has 8 heteroatoms. The van der Waals surface area contributed by atoms with Crippen molar-refractivity contribution in [2.24, 2.45) is 0 Å². The molecule has 0 aliphatic carbocycles. The molecule has 1 fully saturated rings. The second-order valence-corrected chi connectivity index (χ2v) is 7.51. The van der Waals surface area contributed by atoms with Crippen LogP contribution in [0.2, 0.25) is 0 Å². The molecule has 2 aromatic carbocycles. The van der Waals surface area contributed by atoms with E-state index in [1.54, 1.807) is 41.6 Å². The number of carbonyl (C=O) groups excluding carboxylic acids is 1. The fourth-order valence-corrected chi connectivity index (χ4v) is 4.20. The van der Waals surface area contributed by atoms with Crippen molar-refractivity contribution < 1.29 is 27.1 Å². The van der Waals surface area contributed by atoms with E-state index in [0.717, 1.165) is 11.1 Å². The van der Waals surface area contributed by atoms with Crippen LogP contribution in [0.5, 0.6) is 5.75 Å². The maximum atomic E-state index is 13.2. The standard InChI is InChI=1S/C23H17F3N2O3/c24-15-3-1-13(2-4-15)11-28-12-14(9-20(28)29)16-5-6-19(31-23(25)26)22-21(16)17-10-27-8-7-18(17)30-22/h1-8,10,14,23H,9,11-12H2. The maximum absolute atomic E-state index is 13.2. The molecular formula is C23H17F3N2O3. The number of aromatic nitrogens is 1. The Labute approximate surface area is 175 Å². The zero-order valence-corrected chi connectivity index (χ0v) is 16.2. The van der Waals surface area contributed by atoms with Crippen molar-refractivity contribution in [1.29, 1.82) is 0 Å². The van der Waals surface area contributed by atoms with E-state index in [9.17, 15) is 18.0 Å². The van der Waals surface area contributed by atoms with E-state index in [2.05, 4.69) is 9.72 Å². The van der Waals surface area contributed by atoms with Gasteiger partial charge in [0.1, 0.15) is 11.4 Å². The molecular weight excluding hydrogens is 409 g/mol. The third-order valence-electron chi connectivity index (χ3n) is 5.57. The Morgan fingerprint density at radius 1 is 1.16 bits per heavy atom. The number of fused-ring (bicyclic) bond motifs is 3. The normalized spacial score (nSPS) is 16.7. The third kappa shape index (κ3) is 3.58. The monoisotopic (exact) mass is 426 g/mol. The van der Waals surface area contributed by atoms with Crippen molar-refractivity contribution in [1.82, 2.24) is 9.88 Å². The number of likely N-dealkylation sites (tertiary alicyclic amines) is 1. The zero-order valence-electron chi connectivity index (χ0n) is 16.2. The molecule has 31 heavy (non-hydrogen) atoms. The molecule has 158 valence electrons. The largest absolute Gasteiger partial charge is 0.452 e. The summed E-state index contributed by atoms with van der Waals surface area (Å²) in [5.74, 6) is -0.570. The van der Waals surface area contributed by atoms with Crippen molar-refractivity contribution >= 4 is 27.8 Å². The Morgan fingerprint density at radius 3 is 2.74 bits per heavy atom. The topological polar surface area (TPSA) is 55.6 Å². The summed E-state index contributed by atoms with van der Waals surface area (Å²) in [7, 11) is 0. The molecule has 2 aromatic heterocycles. The van der Waals surface area contributed by atoms with Crippen LogP contribution in [0, 0.1) is 5.82 Å². The summed E-state index contributed by atoms with van der Waals surface area (Å²) in [6.07, 6.45) is 3.45. The zero-order chi connectivity index (χ0) is 21.5. The average Bonchev–Trinajstić information content (AvgIpc) is 3.31. The number of carbonyl (C=O) groups is 1. The number of pyridine rings is 1. The molecule has 1 aliphatic heterocycles. The molecule has 5 rings (SSSR count). The van der Waals surface area contributed by atoms with Crippen molar-refractivity contribution in [3.05, 3.63) is 71.8 Å². The SMILES string of the molecule is O=C1CC(c2ccc(OC(F)F)c3oc4ccncc4c23)CN1Cc1ccc(F)cc1. The Kier molecular flexibility index (Phi) is 4.77. The van der Waals surface area contributed by atoms with E-state index < -0.39 is 6.61 Å². The van der Waals surface area contributed by atoms with Gasteiger partial charge in [0, 0.05) is 48.6 Å². The molecule has 1 saturated heterocycles. The fraction of sp³-hybridized carbons (Fsp3) is 0.217. The van der Waals surface area contributed by atoms with Crippen LogP contribution in [0.4, 0.5) is 13.2 Å². The first-order chi connectivity index (χ1) is 15.0. The first-order valence-corrected chi connectivity index (χ1v) is 9.76. The second-order valence-electron chi connectivity index (χ2n) is 7.51. The summed E-state index contributed by atoms with van der Waals surface area (Å²) in [5, 5.41) is 1.30. The highest BCUT2D eigenvalue weighted by molar-refractivity contribution is 6.08. The summed E-state index contributed by atoms with van der Waals surface area (Å²) < 4.78 is 49.4. The highest BCUT2D eigenvalue weighted by Crippen LogP contribution is 2.42. The Bertz CT molecular complexity index is 1270. The second kappa shape index (κ2) is 7.61. The van der Waals surface area contributed by atoms with Gasteiger partial charge in [-0.25, -0.2) is 4.39 Å². The van der Waals surface area contributed by atoms with Crippen molar-refractivity contribution in [3.8, 4) is 5.75 Å². The van der Waals surface area contributed by atoms with Gasteiger partial charge in [-0.15, -0.1) is 0 Å². The molecule has 1 unspecified atom stereocenters. The Hall–Kier alpha value is -3.55. The van der Waals surface area contributed by atoms with Gasteiger partial charge in [-0.3, -0.25) is 9.78 Å². The van der Waals surface area contributed by atoms with E-state index in [1.807, 2.05) is 0 Å². The molecule has 0 spiro atoms. The van der Waals surface area contributed by atoms with Gasteiger partial charge in [-0.05, 0) is 35.4 Å². The van der Waals surface area contributed by atoms with Gasteiger partial charge in [0.25, 0.3) is 0 Å². The number of rotatable bonds is 5. The molecule has 5 nitrogen and oxygen atoms in total. The van der Waals surface area contributed by atoms with E-state index in [1.165, 1.54) is 18.2 Å². The van der Waals surface area contributed by atoms with Crippen LogP contribution < -0.4 is 4.74 Å². The highest BCUT2D eigenvalue weighted by atomic mass is 19.3. The predicted molar refractivity (Wildman–Crippen MR) is 107 cm³/mol. The van der Waals surface area contributed by atoms with Gasteiger partial charge >= 0.3 is 6.61 Å². The van der Waals surface area contributed by atoms with Gasteiger partial charge in [-0.1, -0.05) is 18.2 Å². The maximum Gasteiger partial charge on any atom is 0.387 e. The summed E-state index contributed by atoms with van der Waals surface area (Å²) in [6.45, 7) is -2.16. The number of nitrogens with zero attached hydrogens (tertiary/aromatic N) is 2. The lowest BCUT2D eigenvalue weighted by Gasteiger charge is -2.17. The predicted octanol–water partition coefficient (Wildman–Crippen LogP) is 5.24. The van der Waals surface area contributed by atoms with Crippen LogP contribution in [0.1, 0.15) is 23.5 Å². The van der Waals surface area contributed by atoms with Gasteiger partial charge < -0.3 is 14.1 Å². The van der Waals surface area contributed by atoms with E-state index in [-0.39, 0.29) is 35.4 Å². The summed E-state index contributed by atoms with van der Waals surface area (Å²) >= 11 is 0. The van der Waals surface area contributed by atoms with Crippen molar-refractivity contribution in [2.75, 3.05) is 6.54 Å². The summed E-state index contributed by atoms with van der Waals surface area (Å²) in [5.41, 5.74) is 2.37. The van der Waals surface area contributed by atoms with Crippen LogP contribution in [0.15, 0.2) is 59.3 Å². The van der Waals surface area contributed by atoms with E-state index >= 15 is 0 Å². The quantitative estimate of drug-likeness (QED) is 0.438. The Balaban J connectivity index is 1.52. The molecule has 0 saturated carbocycles. The Morgan fingerprint density at radius 2 is 1.97 bits per heavy atom. The van der Waals surface area contributed by atoms with E-state index in [0.29, 0.717) is 29.4 Å². The van der Waals surface area contributed by atoms with Crippen molar-refractivity contribution in [3.63, 3.8) is 0 Å². The minimum Gasteiger partial charge on any atom is -0.452 e. The minimum atomic E-state index is -2.99. The number of hydrogen-bond donors (Lipinski definition) is 0. The molecule has 1 aliphatic rings. The number of amides is 1. The third-order valence-corrected chi connectivity index (χ3v) is 5.57. The van der Waals surface area contributed by atoms with Crippen LogP contribution in [-0.4, -0.2) is 28.9 Å². The van der Waals surface area contributed by atoms with Gasteiger partial charge in [0.15, 0.2) is 11.3 Å². The lowest BCUT2D eigenvalue weighted by Crippen LogP contribution is -2.24. The van der Waals surface area contributed by atoms with Crippen LogP contribution >= 0.6 is 0 Å². The minimum absolute atomic E-state index is 0.0266. The smallest absolute Gasteiger partial charge is 0.387 e. The van der Waals surface area contributed by atoms with Gasteiger partial charge in [-0.2, -0.15) is 8.78 Å². The van der Waals surface area contributed by atoms with Crippen molar-refractivity contribution in [2.45, 2.75) is 25.5 Å². The molecule has 0 radical (unpaired) electrons. The van der Waals surface area contributed by atoms with Gasteiger partial charge in [0.2, 0.25) is 5.91 Å². The summed E-state index contributed by atoms with van der Waals surface area (Å²) in [6, 6.07) is 10.9. The summed E-state index contributed by atoms with van der Waals surface area (Å²) in [4.78, 5) is 18.5. The number of benzene rings is 2. The molecule has 0 N–H and O–H groups in total. The van der Waals surface area contributed by atoms with Crippen LogP contribution in [-0.2, 0) is 11.3 Å². The molecule has 1 amide bonds. The number of halogens is 3. The molecule has 1 atom stereocenters. The number of alkyl halides is 2. The molecule has 4 aromatic rings. The highest BCUT2D eigenvalue weighted by Gasteiger charge is 2.33. The van der Waals surface area contributed by atoms with E-state index in [4.69, 9.17) is 4.42 Å². The first-order valence-electron chi connectivity index (χ1n) is 9.76. The average molecular weight is 426 g/mol. The van der Waals surface area contributed by atoms with Gasteiger partial charge in [0.05, 0.1) is 0 Å². The molecule has 0 bridgehead atoms. The lowest BCUT2D eigenvalue weighted by atomic mass is 9.93. The fourth-order valence-electron chi connectivity index (χ4n) is 4.20. The van der Waals surface area contributed by atoms with Crippen LogP contribution in [0.3, 0.4) is 0 Å².